The van der Waals surface area contributed by atoms with Crippen LogP contribution in [-0.2, 0) is 9.53 Å². The van der Waals surface area contributed by atoms with E-state index in [1.165, 1.54) is 83.5 Å². The number of hydrogen-bond acceptors (Lipinski definition) is 2. The van der Waals surface area contributed by atoms with E-state index in [9.17, 15) is 4.79 Å². The van der Waals surface area contributed by atoms with E-state index in [0.717, 1.165) is 19.3 Å². The van der Waals surface area contributed by atoms with Gasteiger partial charge in [-0.05, 0) is 26.7 Å². The van der Waals surface area contributed by atoms with E-state index in [-0.39, 0.29) is 11.4 Å². The van der Waals surface area contributed by atoms with Gasteiger partial charge in [0.25, 0.3) is 0 Å². The standard InChI is InChI=1S/C23H45O2S/c1-4-5-6-7-8-9-10-11-12-13-14-15-16-17-19-23(2,3)22(24)25-20-18-21-26/h4-21H2,1-3H3. The Bertz CT molecular complexity index is 315. The molecule has 155 valence electrons. The molecule has 26 heavy (non-hydrogen) atoms. The van der Waals surface area contributed by atoms with Crippen LogP contribution in [0, 0.1) is 5.41 Å². The van der Waals surface area contributed by atoms with Crippen LogP contribution >= 0.6 is 12.6 Å². The molecule has 0 saturated heterocycles. The number of ether oxygens (including phenoxy) is 1. The number of carbonyl (C=O) groups excluding carboxylic acids is 1. The van der Waals surface area contributed by atoms with Gasteiger partial charge in [-0.1, -0.05) is 109 Å². The van der Waals surface area contributed by atoms with Gasteiger partial charge in [0.05, 0.1) is 12.0 Å². The zero-order valence-electron chi connectivity index (χ0n) is 18.0. The van der Waals surface area contributed by atoms with Gasteiger partial charge in [0.15, 0.2) is 0 Å². The highest BCUT2D eigenvalue weighted by atomic mass is 32.1. The Morgan fingerprint density at radius 1 is 0.731 bits per heavy atom. The van der Waals surface area contributed by atoms with Crippen molar-refractivity contribution in [3.8, 4) is 0 Å². The summed E-state index contributed by atoms with van der Waals surface area (Å²) in [4.78, 5) is 12.0. The topological polar surface area (TPSA) is 26.3 Å². The van der Waals surface area contributed by atoms with E-state index in [4.69, 9.17) is 17.4 Å². The third-order valence-electron chi connectivity index (χ3n) is 5.23. The molecule has 3 heteroatoms. The third kappa shape index (κ3) is 16.0. The van der Waals surface area contributed by atoms with E-state index in [1.54, 1.807) is 0 Å². The fourth-order valence-electron chi connectivity index (χ4n) is 3.28. The minimum atomic E-state index is -0.349. The molecule has 0 aromatic heterocycles. The quantitative estimate of drug-likeness (QED) is 0.166. The highest BCUT2D eigenvalue weighted by molar-refractivity contribution is 7.80. The Morgan fingerprint density at radius 3 is 1.58 bits per heavy atom. The molecule has 0 heterocycles. The molecular formula is C23H45O2S. The summed E-state index contributed by atoms with van der Waals surface area (Å²) >= 11 is 4.88. The molecule has 0 saturated carbocycles. The first-order chi connectivity index (χ1) is 12.5. The van der Waals surface area contributed by atoms with Crippen LogP contribution in [0.1, 0.15) is 124 Å². The van der Waals surface area contributed by atoms with Gasteiger partial charge >= 0.3 is 5.97 Å². The second-order valence-electron chi connectivity index (χ2n) is 8.42. The molecule has 0 aromatic carbocycles. The van der Waals surface area contributed by atoms with Gasteiger partial charge in [-0.25, -0.2) is 0 Å². The van der Waals surface area contributed by atoms with Crippen molar-refractivity contribution in [3.63, 3.8) is 0 Å². The maximum Gasteiger partial charge on any atom is 0.311 e. The highest BCUT2D eigenvalue weighted by Gasteiger charge is 2.28. The molecule has 0 aromatic rings. The van der Waals surface area contributed by atoms with Crippen LogP contribution in [0.15, 0.2) is 0 Å². The number of rotatable bonds is 19. The lowest BCUT2D eigenvalue weighted by Gasteiger charge is -2.22. The van der Waals surface area contributed by atoms with Crippen molar-refractivity contribution in [2.45, 2.75) is 124 Å². The average molecular weight is 386 g/mol. The molecule has 0 fully saturated rings. The molecule has 0 bridgehead atoms. The van der Waals surface area contributed by atoms with Gasteiger partial charge in [0.2, 0.25) is 0 Å². The van der Waals surface area contributed by atoms with Crippen LogP contribution < -0.4 is 0 Å². The van der Waals surface area contributed by atoms with Gasteiger partial charge < -0.3 is 4.74 Å². The Morgan fingerprint density at radius 2 is 1.15 bits per heavy atom. The highest BCUT2D eigenvalue weighted by Crippen LogP contribution is 2.26. The lowest BCUT2D eigenvalue weighted by Crippen LogP contribution is -2.27. The first-order valence-corrected chi connectivity index (χ1v) is 11.9. The second kappa shape index (κ2) is 18.2. The molecule has 0 atom stereocenters. The Hall–Kier alpha value is -0.180. The second-order valence-corrected chi connectivity index (χ2v) is 8.83. The van der Waals surface area contributed by atoms with Gasteiger partial charge in [-0.3, -0.25) is 4.79 Å². The van der Waals surface area contributed by atoms with Crippen molar-refractivity contribution < 1.29 is 9.53 Å². The summed E-state index contributed by atoms with van der Waals surface area (Å²) in [6, 6.07) is 0. The van der Waals surface area contributed by atoms with E-state index < -0.39 is 0 Å². The van der Waals surface area contributed by atoms with E-state index in [1.807, 2.05) is 13.8 Å². The van der Waals surface area contributed by atoms with Gasteiger partial charge in [-0.15, -0.1) is 0 Å². The minimum absolute atomic E-state index is 0.0596. The van der Waals surface area contributed by atoms with Gasteiger partial charge in [0.1, 0.15) is 0 Å². The molecule has 0 unspecified atom stereocenters. The number of esters is 1. The Kier molecular flexibility index (Phi) is 18.1. The summed E-state index contributed by atoms with van der Waals surface area (Å²) in [6.45, 7) is 6.77. The number of hydrogen-bond donors (Lipinski definition) is 0. The fraction of sp³-hybridized carbons (Fsp3) is 0.957. The maximum atomic E-state index is 12.0. The third-order valence-corrected chi connectivity index (χ3v) is 5.52. The normalized spacial score (nSPS) is 11.7. The Balaban J connectivity index is 3.38. The van der Waals surface area contributed by atoms with Crippen molar-refractivity contribution in [1.82, 2.24) is 0 Å². The molecule has 0 rings (SSSR count). The first kappa shape index (κ1) is 25.8. The van der Waals surface area contributed by atoms with Crippen LogP contribution in [-0.4, -0.2) is 18.3 Å². The largest absolute Gasteiger partial charge is 0.465 e. The van der Waals surface area contributed by atoms with Crippen LogP contribution in [0.25, 0.3) is 0 Å². The van der Waals surface area contributed by atoms with Crippen molar-refractivity contribution >= 4 is 18.6 Å². The monoisotopic (exact) mass is 385 g/mol. The predicted molar refractivity (Wildman–Crippen MR) is 117 cm³/mol. The van der Waals surface area contributed by atoms with Gasteiger partial charge in [0, 0.05) is 5.75 Å². The van der Waals surface area contributed by atoms with Crippen molar-refractivity contribution in [2.75, 3.05) is 12.4 Å². The summed E-state index contributed by atoms with van der Waals surface area (Å²) in [6.07, 6.45) is 20.8. The molecule has 2 nitrogen and oxygen atoms in total. The zero-order valence-corrected chi connectivity index (χ0v) is 18.8. The van der Waals surface area contributed by atoms with E-state index in [2.05, 4.69) is 6.92 Å². The summed E-state index contributed by atoms with van der Waals surface area (Å²) in [5, 5.41) is 0. The first-order valence-electron chi connectivity index (χ1n) is 11.3. The molecule has 0 spiro atoms. The number of unbranched alkanes of at least 4 members (excludes halogenated alkanes) is 13. The van der Waals surface area contributed by atoms with Crippen molar-refractivity contribution in [2.24, 2.45) is 5.41 Å². The average Bonchev–Trinajstić information content (AvgIpc) is 2.62. The summed E-state index contributed by atoms with van der Waals surface area (Å²) < 4.78 is 5.31. The number of carbonyl (C=O) groups is 1. The molecular weight excluding hydrogens is 340 g/mol. The van der Waals surface area contributed by atoms with Crippen LogP contribution in [0.3, 0.4) is 0 Å². The van der Waals surface area contributed by atoms with Crippen LogP contribution in [0.2, 0.25) is 0 Å². The maximum absolute atomic E-state index is 12.0. The van der Waals surface area contributed by atoms with E-state index in [0.29, 0.717) is 12.4 Å². The molecule has 0 N–H and O–H groups in total. The van der Waals surface area contributed by atoms with Gasteiger partial charge in [-0.2, -0.15) is 0 Å². The summed E-state index contributed by atoms with van der Waals surface area (Å²) in [5.74, 6) is 0.600. The molecule has 0 aliphatic carbocycles. The van der Waals surface area contributed by atoms with Crippen molar-refractivity contribution in [1.29, 1.82) is 0 Å². The van der Waals surface area contributed by atoms with Crippen molar-refractivity contribution in [3.05, 3.63) is 0 Å². The summed E-state index contributed by atoms with van der Waals surface area (Å²) in [7, 11) is 0. The molecule has 0 aliphatic heterocycles. The lowest BCUT2D eigenvalue weighted by atomic mass is 9.87. The van der Waals surface area contributed by atoms with Crippen LogP contribution in [0.5, 0.6) is 0 Å². The lowest BCUT2D eigenvalue weighted by molar-refractivity contribution is -0.154. The Labute approximate surface area is 169 Å². The summed E-state index contributed by atoms with van der Waals surface area (Å²) in [5.41, 5.74) is -0.349. The van der Waals surface area contributed by atoms with E-state index >= 15 is 0 Å². The molecule has 1 radical (unpaired) electrons. The SMILES string of the molecule is CCCCCCCCCCCCCCCCC(C)(C)C(=O)OCCC[S]. The molecule has 0 amide bonds. The molecule has 0 aliphatic rings. The van der Waals surface area contributed by atoms with Crippen LogP contribution in [0.4, 0.5) is 0 Å². The smallest absolute Gasteiger partial charge is 0.311 e. The zero-order chi connectivity index (χ0) is 19.5. The minimum Gasteiger partial charge on any atom is -0.465 e. The predicted octanol–water partition coefficient (Wildman–Crippen LogP) is 8.01. The fourth-order valence-corrected chi connectivity index (χ4v) is 3.40.